The number of benzene rings is 1. The van der Waals surface area contributed by atoms with Crippen LogP contribution in [0.5, 0.6) is 0 Å². The molecule has 1 N–H and O–H groups in total. The summed E-state index contributed by atoms with van der Waals surface area (Å²) in [7, 11) is 0. The summed E-state index contributed by atoms with van der Waals surface area (Å²) in [6, 6.07) is 8.23. The van der Waals surface area contributed by atoms with Gasteiger partial charge in [0.25, 0.3) is 0 Å². The number of hydrogen-bond acceptors (Lipinski definition) is 2. The fraction of sp³-hybridized carbons (Fsp3) is 0.357. The molecule has 2 aromatic rings. The van der Waals surface area contributed by atoms with Crippen molar-refractivity contribution in [3.05, 3.63) is 48.0 Å². The van der Waals surface area contributed by atoms with E-state index in [1.807, 2.05) is 31.5 Å². The zero-order valence-electron chi connectivity index (χ0n) is 10.5. The molecule has 2 rings (SSSR count). The van der Waals surface area contributed by atoms with Crippen molar-refractivity contribution in [2.24, 2.45) is 0 Å². The van der Waals surface area contributed by atoms with Crippen LogP contribution in [-0.2, 0) is 5.41 Å². The highest BCUT2D eigenvalue weighted by Crippen LogP contribution is 2.23. The zero-order valence-corrected chi connectivity index (χ0v) is 10.5. The van der Waals surface area contributed by atoms with Crippen LogP contribution < -0.4 is 0 Å². The minimum atomic E-state index is -0.192. The summed E-state index contributed by atoms with van der Waals surface area (Å²) in [5.41, 5.74) is 2.04. The lowest BCUT2D eigenvalue weighted by Crippen LogP contribution is -2.21. The van der Waals surface area contributed by atoms with Gasteiger partial charge in [0.15, 0.2) is 0 Å². The Morgan fingerprint density at radius 3 is 2.35 bits per heavy atom. The van der Waals surface area contributed by atoms with E-state index in [1.54, 1.807) is 6.20 Å². The highest BCUT2D eigenvalue weighted by molar-refractivity contribution is 5.38. The molecule has 0 aliphatic rings. The fourth-order valence-corrected chi connectivity index (χ4v) is 1.82. The van der Waals surface area contributed by atoms with Crippen LogP contribution in [0.15, 0.2) is 36.7 Å². The summed E-state index contributed by atoms with van der Waals surface area (Å²) in [5, 5.41) is 9.33. The van der Waals surface area contributed by atoms with E-state index >= 15 is 0 Å². The van der Waals surface area contributed by atoms with Gasteiger partial charge in [-0.15, -0.1) is 0 Å². The van der Waals surface area contributed by atoms with Gasteiger partial charge < -0.3 is 9.67 Å². The topological polar surface area (TPSA) is 38.0 Å². The maximum atomic E-state index is 9.33. The molecule has 0 spiro atoms. The van der Waals surface area contributed by atoms with E-state index < -0.39 is 0 Å². The fourth-order valence-electron chi connectivity index (χ4n) is 1.82. The van der Waals surface area contributed by atoms with Gasteiger partial charge in [-0.2, -0.15) is 0 Å². The molecular weight excluding hydrogens is 212 g/mol. The van der Waals surface area contributed by atoms with Crippen molar-refractivity contribution in [3.63, 3.8) is 0 Å². The molecule has 3 nitrogen and oxygen atoms in total. The van der Waals surface area contributed by atoms with Gasteiger partial charge in [0.2, 0.25) is 0 Å². The van der Waals surface area contributed by atoms with Gasteiger partial charge in [0.05, 0.1) is 6.61 Å². The quantitative estimate of drug-likeness (QED) is 0.879. The van der Waals surface area contributed by atoms with Gasteiger partial charge in [0, 0.05) is 23.5 Å². The van der Waals surface area contributed by atoms with E-state index in [2.05, 4.69) is 29.2 Å². The number of aliphatic hydroxyl groups excluding tert-OH is 1. The highest BCUT2D eigenvalue weighted by Gasteiger charge is 2.18. The van der Waals surface area contributed by atoms with Crippen molar-refractivity contribution in [2.45, 2.75) is 26.2 Å². The second-order valence-corrected chi connectivity index (χ2v) is 4.93. The van der Waals surface area contributed by atoms with Crippen LogP contribution in [0.3, 0.4) is 0 Å². The summed E-state index contributed by atoms with van der Waals surface area (Å²) in [6.45, 7) is 6.19. The molecule has 0 fully saturated rings. The summed E-state index contributed by atoms with van der Waals surface area (Å²) in [6.07, 6.45) is 3.74. The molecule has 0 saturated carbocycles. The molecule has 0 atom stereocenters. The van der Waals surface area contributed by atoms with Crippen LogP contribution in [0.1, 0.15) is 25.2 Å². The lowest BCUT2D eigenvalue weighted by molar-refractivity contribution is 0.218. The van der Waals surface area contributed by atoms with Crippen molar-refractivity contribution >= 4 is 0 Å². The lowest BCUT2D eigenvalue weighted by atomic mass is 9.85. The molecule has 0 aliphatic heterocycles. The number of nitrogens with zero attached hydrogens (tertiary/aromatic N) is 2. The van der Waals surface area contributed by atoms with Crippen molar-refractivity contribution in [3.8, 4) is 5.69 Å². The predicted molar refractivity (Wildman–Crippen MR) is 68.4 cm³/mol. The minimum Gasteiger partial charge on any atom is -0.395 e. The average Bonchev–Trinajstić information content (AvgIpc) is 2.76. The number of rotatable bonds is 3. The Kier molecular flexibility index (Phi) is 3.03. The Labute approximate surface area is 102 Å². The lowest BCUT2D eigenvalue weighted by Gasteiger charge is -2.22. The Bertz CT molecular complexity index is 497. The third kappa shape index (κ3) is 2.24. The molecule has 1 aromatic carbocycles. The Morgan fingerprint density at radius 2 is 1.88 bits per heavy atom. The first kappa shape index (κ1) is 11.9. The normalized spacial score (nSPS) is 11.8. The summed E-state index contributed by atoms with van der Waals surface area (Å²) < 4.78 is 2.04. The molecule has 0 saturated heterocycles. The van der Waals surface area contributed by atoms with E-state index in [9.17, 15) is 5.11 Å². The first-order valence-electron chi connectivity index (χ1n) is 5.76. The van der Waals surface area contributed by atoms with Crippen LogP contribution in [0.25, 0.3) is 5.69 Å². The second-order valence-electron chi connectivity index (χ2n) is 4.93. The number of hydrogen-bond donors (Lipinski definition) is 1. The monoisotopic (exact) mass is 230 g/mol. The predicted octanol–water partition coefficient (Wildman–Crippen LogP) is 2.45. The van der Waals surface area contributed by atoms with Crippen molar-refractivity contribution in [2.75, 3.05) is 6.61 Å². The highest BCUT2D eigenvalue weighted by atomic mass is 16.3. The summed E-state index contributed by atoms with van der Waals surface area (Å²) in [4.78, 5) is 4.20. The van der Waals surface area contributed by atoms with Crippen LogP contribution in [0.2, 0.25) is 0 Å². The maximum Gasteiger partial charge on any atom is 0.110 e. The third-order valence-electron chi connectivity index (χ3n) is 3.15. The van der Waals surface area contributed by atoms with Crippen LogP contribution >= 0.6 is 0 Å². The first-order chi connectivity index (χ1) is 8.04. The largest absolute Gasteiger partial charge is 0.395 e. The standard InChI is InChI=1S/C14H18N2O/c1-11-15-8-9-16(11)13-6-4-12(5-7-13)14(2,3)10-17/h4-9,17H,10H2,1-3H3. The molecule has 1 aromatic heterocycles. The Balaban J connectivity index is 2.34. The molecule has 0 amide bonds. The molecular formula is C14H18N2O. The van der Waals surface area contributed by atoms with E-state index in [0.717, 1.165) is 17.1 Å². The van der Waals surface area contributed by atoms with Gasteiger partial charge in [-0.25, -0.2) is 4.98 Å². The van der Waals surface area contributed by atoms with E-state index in [1.165, 1.54) is 0 Å². The molecule has 1 heterocycles. The first-order valence-corrected chi connectivity index (χ1v) is 5.76. The van der Waals surface area contributed by atoms with Gasteiger partial charge in [0.1, 0.15) is 5.82 Å². The smallest absolute Gasteiger partial charge is 0.110 e. The molecule has 17 heavy (non-hydrogen) atoms. The number of imidazole rings is 1. The molecule has 90 valence electrons. The number of aliphatic hydroxyl groups is 1. The van der Waals surface area contributed by atoms with Gasteiger partial charge in [-0.05, 0) is 24.6 Å². The van der Waals surface area contributed by atoms with Crippen molar-refractivity contribution in [1.82, 2.24) is 9.55 Å². The minimum absolute atomic E-state index is 0.149. The molecule has 0 radical (unpaired) electrons. The number of aromatic nitrogens is 2. The van der Waals surface area contributed by atoms with Crippen LogP contribution in [0.4, 0.5) is 0 Å². The average molecular weight is 230 g/mol. The Morgan fingerprint density at radius 1 is 1.24 bits per heavy atom. The zero-order chi connectivity index (χ0) is 12.5. The molecule has 0 aliphatic carbocycles. The maximum absolute atomic E-state index is 9.33. The van der Waals surface area contributed by atoms with Gasteiger partial charge in [-0.3, -0.25) is 0 Å². The van der Waals surface area contributed by atoms with Crippen LogP contribution in [0, 0.1) is 6.92 Å². The second kappa shape index (κ2) is 4.34. The third-order valence-corrected chi connectivity index (χ3v) is 3.15. The molecule has 0 bridgehead atoms. The van der Waals surface area contributed by atoms with Crippen molar-refractivity contribution in [1.29, 1.82) is 0 Å². The van der Waals surface area contributed by atoms with E-state index in [0.29, 0.717) is 0 Å². The van der Waals surface area contributed by atoms with Gasteiger partial charge in [-0.1, -0.05) is 26.0 Å². The SMILES string of the molecule is Cc1nccn1-c1ccc(C(C)(C)CO)cc1. The summed E-state index contributed by atoms with van der Waals surface area (Å²) >= 11 is 0. The van der Waals surface area contributed by atoms with Gasteiger partial charge >= 0.3 is 0 Å². The summed E-state index contributed by atoms with van der Waals surface area (Å²) in [5.74, 6) is 0.971. The van der Waals surface area contributed by atoms with Crippen LogP contribution in [-0.4, -0.2) is 21.3 Å². The Hall–Kier alpha value is -1.61. The molecule has 0 unspecified atom stereocenters. The molecule has 3 heteroatoms. The number of aryl methyl sites for hydroxylation is 1. The van der Waals surface area contributed by atoms with Crippen molar-refractivity contribution < 1.29 is 5.11 Å². The van der Waals surface area contributed by atoms with E-state index in [-0.39, 0.29) is 12.0 Å². The van der Waals surface area contributed by atoms with E-state index in [4.69, 9.17) is 0 Å².